The minimum Gasteiger partial charge on any atom is -0.338 e. The van der Waals surface area contributed by atoms with Crippen LogP contribution in [0.2, 0.25) is 0 Å². The van der Waals surface area contributed by atoms with Gasteiger partial charge in [-0.3, -0.25) is 4.40 Å². The van der Waals surface area contributed by atoms with Crippen molar-refractivity contribution < 1.29 is 8.42 Å². The molecular formula is C20H21N5O2S. The van der Waals surface area contributed by atoms with Crippen molar-refractivity contribution in [3.8, 4) is 11.3 Å². The smallest absolute Gasteiger partial charge is 0.175 e. The summed E-state index contributed by atoms with van der Waals surface area (Å²) in [6.45, 7) is 0. The molecule has 1 aliphatic rings. The number of benzene rings is 1. The molecule has 8 heteroatoms. The lowest BCUT2D eigenvalue weighted by atomic mass is 10.1. The van der Waals surface area contributed by atoms with Crippen molar-refractivity contribution in [3.63, 3.8) is 0 Å². The third-order valence-electron chi connectivity index (χ3n) is 5.57. The quantitative estimate of drug-likeness (QED) is 0.555. The van der Waals surface area contributed by atoms with E-state index >= 15 is 0 Å². The average molecular weight is 395 g/mol. The molecule has 0 unspecified atom stereocenters. The number of nitrogens with zero attached hydrogens (tertiary/aromatic N) is 3. The minimum absolute atomic E-state index is 0.232. The van der Waals surface area contributed by atoms with E-state index < -0.39 is 9.84 Å². The molecule has 1 saturated carbocycles. The van der Waals surface area contributed by atoms with Crippen molar-refractivity contribution >= 4 is 26.5 Å². The van der Waals surface area contributed by atoms with Gasteiger partial charge in [-0.05, 0) is 43.0 Å². The zero-order valence-electron chi connectivity index (χ0n) is 15.5. The van der Waals surface area contributed by atoms with Crippen LogP contribution < -0.4 is 5.73 Å². The maximum Gasteiger partial charge on any atom is 0.175 e. The van der Waals surface area contributed by atoms with Gasteiger partial charge in [0, 0.05) is 23.9 Å². The molecule has 0 saturated heterocycles. The van der Waals surface area contributed by atoms with Crippen LogP contribution in [0.4, 0.5) is 0 Å². The second-order valence-electron chi connectivity index (χ2n) is 7.62. The van der Waals surface area contributed by atoms with E-state index in [1.807, 2.05) is 18.3 Å². The lowest BCUT2D eigenvalue weighted by Crippen LogP contribution is -2.15. The Morgan fingerprint density at radius 3 is 2.75 bits per heavy atom. The first-order valence-corrected chi connectivity index (χ1v) is 11.2. The highest BCUT2D eigenvalue weighted by Crippen LogP contribution is 2.35. The van der Waals surface area contributed by atoms with Crippen LogP contribution >= 0.6 is 0 Å². The standard InChI is InChI=1S/C20H21N5O2S/c1-28(26,27)16-4-2-3-12(8-16)17-9-18-19(24-17)22-10-15-11-23-20(25(15)18)13-5-6-14(21)7-13/h2-4,8-11,13-14,24H,5-7,21H2,1H3/t13-,14+/m1/s1. The fourth-order valence-electron chi connectivity index (χ4n) is 4.15. The van der Waals surface area contributed by atoms with E-state index in [0.717, 1.165) is 53.0 Å². The van der Waals surface area contributed by atoms with Gasteiger partial charge >= 0.3 is 0 Å². The van der Waals surface area contributed by atoms with Crippen LogP contribution in [0.25, 0.3) is 27.9 Å². The molecule has 1 aliphatic carbocycles. The molecule has 3 heterocycles. The summed E-state index contributed by atoms with van der Waals surface area (Å²) in [4.78, 5) is 12.8. The first-order chi connectivity index (χ1) is 13.4. The van der Waals surface area contributed by atoms with Gasteiger partial charge in [-0.25, -0.2) is 18.4 Å². The lowest BCUT2D eigenvalue weighted by molar-refractivity contribution is 0.602. The molecule has 0 spiro atoms. The number of fused-ring (bicyclic) bond motifs is 3. The first-order valence-electron chi connectivity index (χ1n) is 9.31. The number of sulfone groups is 1. The number of aromatic amines is 1. The normalized spacial score (nSPS) is 20.4. The van der Waals surface area contributed by atoms with E-state index in [2.05, 4.69) is 19.4 Å². The summed E-state index contributed by atoms with van der Waals surface area (Å²) in [6, 6.07) is 9.17. The van der Waals surface area contributed by atoms with Gasteiger partial charge in [-0.1, -0.05) is 12.1 Å². The molecule has 0 bridgehead atoms. The summed E-state index contributed by atoms with van der Waals surface area (Å²) in [5.41, 5.74) is 10.4. The second kappa shape index (κ2) is 6.15. The highest BCUT2D eigenvalue weighted by atomic mass is 32.2. The molecule has 4 aromatic rings. The van der Waals surface area contributed by atoms with E-state index in [-0.39, 0.29) is 6.04 Å². The SMILES string of the molecule is CS(=O)(=O)c1cccc(-c2cc3c(ncc4cnc([C@@H]5CC[C@H](N)C5)n43)[nH]2)c1. The Balaban J connectivity index is 1.67. The Morgan fingerprint density at radius 1 is 1.18 bits per heavy atom. The van der Waals surface area contributed by atoms with E-state index in [1.54, 1.807) is 24.4 Å². The second-order valence-corrected chi connectivity index (χ2v) is 9.64. The fraction of sp³-hybridized carbons (Fsp3) is 0.300. The zero-order valence-corrected chi connectivity index (χ0v) is 16.3. The highest BCUT2D eigenvalue weighted by molar-refractivity contribution is 7.90. The summed E-state index contributed by atoms with van der Waals surface area (Å²) in [7, 11) is -3.27. The van der Waals surface area contributed by atoms with E-state index in [0.29, 0.717) is 10.8 Å². The van der Waals surface area contributed by atoms with Crippen molar-refractivity contribution in [1.82, 2.24) is 19.4 Å². The predicted molar refractivity (Wildman–Crippen MR) is 108 cm³/mol. The number of nitrogens with two attached hydrogens (primary N) is 1. The van der Waals surface area contributed by atoms with Gasteiger partial charge in [0.1, 0.15) is 5.82 Å². The van der Waals surface area contributed by atoms with Crippen molar-refractivity contribution in [1.29, 1.82) is 0 Å². The Kier molecular flexibility index (Phi) is 3.82. The summed E-state index contributed by atoms with van der Waals surface area (Å²) >= 11 is 0. The van der Waals surface area contributed by atoms with Gasteiger partial charge in [0.2, 0.25) is 0 Å². The highest BCUT2D eigenvalue weighted by Gasteiger charge is 2.27. The average Bonchev–Trinajstić information content (AvgIpc) is 3.37. The molecular weight excluding hydrogens is 374 g/mol. The molecule has 28 heavy (non-hydrogen) atoms. The Morgan fingerprint density at radius 2 is 2.00 bits per heavy atom. The van der Waals surface area contributed by atoms with Gasteiger partial charge in [0.05, 0.1) is 28.3 Å². The van der Waals surface area contributed by atoms with Crippen LogP contribution in [-0.2, 0) is 9.84 Å². The van der Waals surface area contributed by atoms with E-state index in [9.17, 15) is 8.42 Å². The van der Waals surface area contributed by atoms with Crippen molar-refractivity contribution in [2.45, 2.75) is 36.1 Å². The molecule has 1 aromatic carbocycles. The number of rotatable bonds is 3. The molecule has 0 radical (unpaired) electrons. The van der Waals surface area contributed by atoms with Gasteiger partial charge in [-0.2, -0.15) is 0 Å². The van der Waals surface area contributed by atoms with Gasteiger partial charge in [0.25, 0.3) is 0 Å². The number of imidazole rings is 1. The Labute approximate surface area is 162 Å². The largest absolute Gasteiger partial charge is 0.338 e. The van der Waals surface area contributed by atoms with Crippen LogP contribution in [0.1, 0.15) is 31.0 Å². The van der Waals surface area contributed by atoms with Crippen LogP contribution in [0.3, 0.4) is 0 Å². The van der Waals surface area contributed by atoms with Gasteiger partial charge in [0.15, 0.2) is 15.5 Å². The molecule has 0 amide bonds. The molecule has 3 N–H and O–H groups in total. The maximum atomic E-state index is 11.9. The summed E-state index contributed by atoms with van der Waals surface area (Å²) in [5.74, 6) is 1.36. The van der Waals surface area contributed by atoms with Crippen LogP contribution in [-0.4, -0.2) is 40.1 Å². The first kappa shape index (κ1) is 17.4. The summed E-state index contributed by atoms with van der Waals surface area (Å²) < 4.78 is 25.9. The molecule has 5 rings (SSSR count). The molecule has 144 valence electrons. The van der Waals surface area contributed by atoms with Gasteiger partial charge < -0.3 is 10.7 Å². The molecule has 2 atom stereocenters. The number of nitrogens with one attached hydrogen (secondary N) is 1. The van der Waals surface area contributed by atoms with Crippen LogP contribution in [0.5, 0.6) is 0 Å². The lowest BCUT2D eigenvalue weighted by Gasteiger charge is -2.09. The molecule has 0 aliphatic heterocycles. The minimum atomic E-state index is -3.27. The third-order valence-corrected chi connectivity index (χ3v) is 6.68. The summed E-state index contributed by atoms with van der Waals surface area (Å²) in [5, 5.41) is 0. The Bertz CT molecular complexity index is 1300. The van der Waals surface area contributed by atoms with Crippen molar-refractivity contribution in [3.05, 3.63) is 48.5 Å². The van der Waals surface area contributed by atoms with Crippen LogP contribution in [0, 0.1) is 0 Å². The van der Waals surface area contributed by atoms with E-state index in [1.165, 1.54) is 6.26 Å². The fourth-order valence-corrected chi connectivity index (χ4v) is 4.82. The Hall–Kier alpha value is -2.71. The van der Waals surface area contributed by atoms with Crippen LogP contribution in [0.15, 0.2) is 47.6 Å². The van der Waals surface area contributed by atoms with Gasteiger partial charge in [-0.15, -0.1) is 0 Å². The maximum absolute atomic E-state index is 11.9. The summed E-state index contributed by atoms with van der Waals surface area (Å²) in [6.07, 6.45) is 7.87. The molecule has 3 aromatic heterocycles. The number of H-pyrrole nitrogens is 1. The number of hydrogen-bond acceptors (Lipinski definition) is 5. The monoisotopic (exact) mass is 395 g/mol. The number of hydrogen-bond donors (Lipinski definition) is 2. The molecule has 1 fully saturated rings. The topological polar surface area (TPSA) is 106 Å². The number of aromatic nitrogens is 4. The van der Waals surface area contributed by atoms with Crippen molar-refractivity contribution in [2.75, 3.05) is 6.26 Å². The predicted octanol–water partition coefficient (Wildman–Crippen LogP) is 2.88. The molecule has 7 nitrogen and oxygen atoms in total. The third kappa shape index (κ3) is 2.80. The zero-order chi connectivity index (χ0) is 19.5. The van der Waals surface area contributed by atoms with Crippen molar-refractivity contribution in [2.24, 2.45) is 5.73 Å². The van der Waals surface area contributed by atoms with E-state index in [4.69, 9.17) is 5.73 Å².